The number of piperidine rings is 4. The molecule has 0 saturated carbocycles. The van der Waals surface area contributed by atoms with E-state index in [2.05, 4.69) is 151 Å². The molecule has 4 heteroatoms. The van der Waals surface area contributed by atoms with Gasteiger partial charge in [0.25, 0.3) is 0 Å². The summed E-state index contributed by atoms with van der Waals surface area (Å²) < 4.78 is 0. The Labute approximate surface area is 291 Å². The maximum atomic E-state index is 4.06. The molecule has 4 nitrogen and oxygen atoms in total. The molecular weight excluding hydrogens is 573 g/mol. The lowest BCUT2D eigenvalue weighted by atomic mass is 9.61. The van der Waals surface area contributed by atoms with Gasteiger partial charge in [0.1, 0.15) is 0 Å². The summed E-state index contributed by atoms with van der Waals surface area (Å²) in [6.07, 6.45) is 9.59. The number of nitrogens with one attached hydrogen (secondary N) is 3. The smallest absolute Gasteiger partial charge is 0.0161 e. The molecule has 5 rings (SSSR count). The van der Waals surface area contributed by atoms with Gasteiger partial charge in [-0.25, -0.2) is 0 Å². The minimum Gasteiger partial charge on any atom is -0.307 e. The topological polar surface area (TPSA) is 39.3 Å². The largest absolute Gasteiger partial charge is 0.307 e. The molecule has 4 saturated heterocycles. The normalized spacial score (nSPS) is 30.7. The summed E-state index contributed by atoms with van der Waals surface area (Å²) in [5.41, 5.74) is 7.81. The molecule has 0 atom stereocenters. The first-order valence-electron chi connectivity index (χ1n) is 19.3. The third-order valence-corrected chi connectivity index (χ3v) is 12.9. The molecule has 0 unspecified atom stereocenters. The number of likely N-dealkylation sites (tertiary alicyclic amines) is 1. The number of rotatable bonds is 4. The van der Waals surface area contributed by atoms with Crippen LogP contribution < -0.4 is 16.0 Å². The molecule has 4 fully saturated rings. The van der Waals surface area contributed by atoms with Gasteiger partial charge in [-0.05, 0) is 215 Å². The van der Waals surface area contributed by atoms with Gasteiger partial charge < -0.3 is 16.0 Å². The molecule has 268 valence electrons. The first-order valence-corrected chi connectivity index (χ1v) is 19.3. The summed E-state index contributed by atoms with van der Waals surface area (Å²) in [6, 6.07) is 5.35. The van der Waals surface area contributed by atoms with Crippen LogP contribution in [-0.2, 0) is 0 Å². The van der Waals surface area contributed by atoms with E-state index in [1.165, 1.54) is 51.4 Å². The molecule has 0 bridgehead atoms. The van der Waals surface area contributed by atoms with E-state index in [4.69, 9.17) is 0 Å². The second-order valence-electron chi connectivity index (χ2n) is 22.4. The molecule has 1 aromatic rings. The van der Waals surface area contributed by atoms with Gasteiger partial charge in [-0.2, -0.15) is 0 Å². The van der Waals surface area contributed by atoms with Crippen LogP contribution in [0.15, 0.2) is 12.1 Å². The van der Waals surface area contributed by atoms with E-state index < -0.39 is 0 Å². The molecule has 4 aliphatic rings. The minimum atomic E-state index is 0.0910. The Morgan fingerprint density at radius 3 is 0.915 bits per heavy atom. The molecule has 1 aromatic carbocycles. The van der Waals surface area contributed by atoms with Crippen molar-refractivity contribution in [3.8, 4) is 0 Å². The van der Waals surface area contributed by atoms with Gasteiger partial charge in [-0.3, -0.25) is 4.90 Å². The van der Waals surface area contributed by atoms with Crippen molar-refractivity contribution in [1.29, 1.82) is 0 Å². The van der Waals surface area contributed by atoms with Crippen LogP contribution in [0.2, 0.25) is 0 Å². The number of hydrogen-bond donors (Lipinski definition) is 3. The zero-order valence-corrected chi connectivity index (χ0v) is 34.1. The van der Waals surface area contributed by atoms with Gasteiger partial charge >= 0.3 is 0 Å². The second kappa shape index (κ2) is 11.5. The maximum Gasteiger partial charge on any atom is 0.0161 e. The highest BCUT2D eigenvalue weighted by Crippen LogP contribution is 2.55. The van der Waals surface area contributed by atoms with Gasteiger partial charge in [0.15, 0.2) is 0 Å². The van der Waals surface area contributed by atoms with E-state index in [9.17, 15) is 0 Å². The summed E-state index contributed by atoms with van der Waals surface area (Å²) in [4.78, 5) is 2.67. The Balaban J connectivity index is 1.81. The van der Waals surface area contributed by atoms with Crippen molar-refractivity contribution in [3.05, 3.63) is 34.4 Å². The predicted octanol–water partition coefficient (Wildman–Crippen LogP) is 10.1. The van der Waals surface area contributed by atoms with Crippen molar-refractivity contribution < 1.29 is 0 Å². The van der Waals surface area contributed by atoms with Crippen LogP contribution in [0, 0.1) is 0 Å². The average Bonchev–Trinajstić information content (AvgIpc) is 2.80. The monoisotopic (exact) mass is 649 g/mol. The quantitative estimate of drug-likeness (QED) is 0.304. The Morgan fingerprint density at radius 2 is 0.638 bits per heavy atom. The summed E-state index contributed by atoms with van der Waals surface area (Å²) in [6.45, 7) is 39.4. The fourth-order valence-corrected chi connectivity index (χ4v) is 12.5. The molecular formula is C43H76N4. The lowest BCUT2D eigenvalue weighted by molar-refractivity contribution is -0.0131. The van der Waals surface area contributed by atoms with Crippen molar-refractivity contribution in [1.82, 2.24) is 20.9 Å². The molecule has 0 amide bonds. The molecule has 47 heavy (non-hydrogen) atoms. The Morgan fingerprint density at radius 1 is 0.404 bits per heavy atom. The molecule has 3 N–H and O–H groups in total. The molecule has 0 aliphatic carbocycles. The lowest BCUT2D eigenvalue weighted by Gasteiger charge is -2.55. The third kappa shape index (κ3) is 8.02. The fourth-order valence-electron chi connectivity index (χ4n) is 12.5. The predicted molar refractivity (Wildman–Crippen MR) is 204 cm³/mol. The zero-order chi connectivity index (χ0) is 35.4. The maximum absolute atomic E-state index is 4.06. The molecule has 0 aromatic heterocycles. The minimum absolute atomic E-state index is 0.0910. The molecule has 4 heterocycles. The SMILES string of the molecule is CN1C(C)(C)CC(c2ccc(C3CC(C)(C)NC(C)(C)C3)c(C3CC(C)(C)NC(C)(C)C3)c2C2CC(C)(C)NC(C)(C)C2)CC1(C)C. The number of nitrogens with zero attached hydrogens (tertiary/aromatic N) is 1. The van der Waals surface area contributed by atoms with Crippen LogP contribution in [0.1, 0.15) is 208 Å². The van der Waals surface area contributed by atoms with Crippen molar-refractivity contribution >= 4 is 0 Å². The van der Waals surface area contributed by atoms with Gasteiger partial charge in [0.05, 0.1) is 0 Å². The highest BCUT2D eigenvalue weighted by atomic mass is 15.2. The summed E-state index contributed by atoms with van der Waals surface area (Å²) in [7, 11) is 2.36. The Hall–Kier alpha value is -0.940. The van der Waals surface area contributed by atoms with Crippen LogP contribution in [0.5, 0.6) is 0 Å². The second-order valence-corrected chi connectivity index (χ2v) is 22.4. The highest BCUT2D eigenvalue weighted by molar-refractivity contribution is 5.51. The van der Waals surface area contributed by atoms with Gasteiger partial charge in [-0.15, -0.1) is 0 Å². The van der Waals surface area contributed by atoms with Crippen LogP contribution >= 0.6 is 0 Å². The third-order valence-electron chi connectivity index (χ3n) is 12.9. The first kappa shape index (κ1) is 37.3. The fraction of sp³-hybridized carbons (Fsp3) is 0.860. The molecule has 0 radical (unpaired) electrons. The van der Waals surface area contributed by atoms with Gasteiger partial charge in [-0.1, -0.05) is 12.1 Å². The van der Waals surface area contributed by atoms with E-state index in [0.29, 0.717) is 23.7 Å². The zero-order valence-electron chi connectivity index (χ0n) is 34.1. The Bertz CT molecular complexity index is 1260. The van der Waals surface area contributed by atoms with E-state index in [1.54, 1.807) is 22.3 Å². The van der Waals surface area contributed by atoms with Gasteiger partial charge in [0, 0.05) is 44.3 Å². The number of hydrogen-bond acceptors (Lipinski definition) is 4. The van der Waals surface area contributed by atoms with E-state index in [1.807, 2.05) is 0 Å². The summed E-state index contributed by atoms with van der Waals surface area (Å²) in [5, 5.41) is 12.1. The van der Waals surface area contributed by atoms with E-state index >= 15 is 0 Å². The van der Waals surface area contributed by atoms with Crippen LogP contribution in [0.25, 0.3) is 0 Å². The van der Waals surface area contributed by atoms with Crippen LogP contribution in [-0.4, -0.2) is 56.3 Å². The van der Waals surface area contributed by atoms with Crippen molar-refractivity contribution in [2.45, 2.75) is 230 Å². The standard InChI is InChI=1S/C43H76N4/c1-36(2)20-28(21-37(3,4)44-36)32-18-19-33(29-26-42(13,14)47(17)43(15,16)27-29)35(31-24-40(9,10)46-41(11,12)25-31)34(32)30-22-38(5,6)45-39(7,8)23-30/h18-19,28-31,44-46H,20-27H2,1-17H3. The summed E-state index contributed by atoms with van der Waals surface area (Å²) in [5.74, 6) is 2.20. The van der Waals surface area contributed by atoms with Crippen molar-refractivity contribution in [2.24, 2.45) is 0 Å². The lowest BCUT2D eigenvalue weighted by Crippen LogP contribution is -2.59. The molecule has 4 aliphatic heterocycles. The molecule has 0 spiro atoms. The van der Waals surface area contributed by atoms with Gasteiger partial charge in [0.2, 0.25) is 0 Å². The average molecular weight is 649 g/mol. The van der Waals surface area contributed by atoms with E-state index in [-0.39, 0.29) is 44.3 Å². The first-order chi connectivity index (χ1) is 21.0. The van der Waals surface area contributed by atoms with Crippen LogP contribution in [0.3, 0.4) is 0 Å². The summed E-state index contributed by atoms with van der Waals surface area (Å²) >= 11 is 0. The van der Waals surface area contributed by atoms with Crippen molar-refractivity contribution in [2.75, 3.05) is 7.05 Å². The van der Waals surface area contributed by atoms with Crippen molar-refractivity contribution in [3.63, 3.8) is 0 Å². The Kier molecular flexibility index (Phi) is 9.16. The number of benzene rings is 1. The highest BCUT2D eigenvalue weighted by Gasteiger charge is 2.49. The van der Waals surface area contributed by atoms with E-state index in [0.717, 1.165) is 0 Å². The van der Waals surface area contributed by atoms with Crippen LogP contribution in [0.4, 0.5) is 0 Å².